The lowest BCUT2D eigenvalue weighted by Crippen LogP contribution is -2.40. The van der Waals surface area contributed by atoms with Crippen molar-refractivity contribution >= 4 is 50.7 Å². The third-order valence-corrected chi connectivity index (χ3v) is 9.11. The lowest BCUT2D eigenvalue weighted by atomic mass is 9.82. The van der Waals surface area contributed by atoms with E-state index in [2.05, 4.69) is 15.8 Å². The Kier molecular flexibility index (Phi) is 9.80. The zero-order chi connectivity index (χ0) is 37.0. The number of hydrogen-bond donors (Lipinski definition) is 3. The number of nitrogens with two attached hydrogens (primary N) is 1. The number of benzene rings is 5. The number of cyclic esters (lactones) is 1. The number of carbonyl (C=O) groups excluding carboxylic acids is 4. The van der Waals surface area contributed by atoms with Crippen molar-refractivity contribution in [1.29, 1.82) is 0 Å². The molecule has 0 saturated carbocycles. The number of non-ortho nitro benzene ring substituents is 1. The van der Waals surface area contributed by atoms with E-state index in [4.69, 9.17) is 9.88 Å². The van der Waals surface area contributed by atoms with Crippen molar-refractivity contribution in [1.82, 2.24) is 5.43 Å². The number of primary sulfonamides is 1. The van der Waals surface area contributed by atoms with Crippen LogP contribution in [-0.2, 0) is 24.3 Å². The minimum absolute atomic E-state index is 0.0637. The average molecular weight is 718 g/mol. The molecule has 260 valence electrons. The van der Waals surface area contributed by atoms with Crippen LogP contribution in [0.5, 0.6) is 0 Å². The number of fused-ring (bicyclic) bond motifs is 1. The van der Waals surface area contributed by atoms with Gasteiger partial charge in [0.1, 0.15) is 12.0 Å². The number of nitro groups is 1. The molecule has 2 amide bonds. The molecule has 1 heterocycles. The number of amides is 2. The summed E-state index contributed by atoms with van der Waals surface area (Å²) in [6.45, 7) is 0. The van der Waals surface area contributed by atoms with Gasteiger partial charge in [0, 0.05) is 28.9 Å². The molecule has 14 nitrogen and oxygen atoms in total. The predicted octanol–water partition coefficient (Wildman–Crippen LogP) is 4.78. The van der Waals surface area contributed by atoms with Crippen LogP contribution in [0.4, 0.5) is 11.4 Å². The van der Waals surface area contributed by atoms with E-state index in [9.17, 15) is 37.7 Å². The normalized spacial score (nSPS) is 14.4. The summed E-state index contributed by atoms with van der Waals surface area (Å²) < 4.78 is 30.4. The molecule has 2 atom stereocenters. The van der Waals surface area contributed by atoms with Crippen LogP contribution in [0, 0.1) is 16.0 Å². The topological polar surface area (TPSA) is 217 Å². The Morgan fingerprint density at radius 3 is 2.15 bits per heavy atom. The second-order valence-electron chi connectivity index (χ2n) is 11.4. The maximum absolute atomic E-state index is 14.5. The lowest BCUT2D eigenvalue weighted by Gasteiger charge is -2.25. The quantitative estimate of drug-likeness (QED) is 0.0562. The van der Waals surface area contributed by atoms with Crippen molar-refractivity contribution in [3.63, 3.8) is 0 Å². The van der Waals surface area contributed by atoms with Gasteiger partial charge in [-0.1, -0.05) is 91.0 Å². The lowest BCUT2D eigenvalue weighted by molar-refractivity contribution is -0.384. The molecule has 0 fully saturated rings. The summed E-state index contributed by atoms with van der Waals surface area (Å²) in [4.78, 5) is 65.2. The number of nitrogens with zero attached hydrogens (tertiary/aromatic N) is 2. The van der Waals surface area contributed by atoms with E-state index in [0.29, 0.717) is 11.1 Å². The van der Waals surface area contributed by atoms with Gasteiger partial charge in [0.2, 0.25) is 15.8 Å². The van der Waals surface area contributed by atoms with Crippen LogP contribution in [0.15, 0.2) is 137 Å². The average Bonchev–Trinajstić information content (AvgIpc) is 3.48. The largest absolute Gasteiger partial charge is 0.453 e. The van der Waals surface area contributed by atoms with Crippen molar-refractivity contribution < 1.29 is 37.3 Å². The highest BCUT2D eigenvalue weighted by Crippen LogP contribution is 2.40. The standard InChI is InChI=1S/C37H27N5O9S/c38-52(49,50)30-20-9-8-19-29(30)35(44)41-40-32(26-16-5-4-15-25(26)22-11-2-1-3-12-22)31(34-27-17-6-7-18-28(27)37(46)51-34)33(43)36(45)39-23-13-10-14-24(21-23)42(47)48/h1-21,31,34H,(H,39,45)(H,41,44)(H2,38,49,50)/b40-32-/t31-,34-/m1/s1. The number of ketones is 1. The van der Waals surface area contributed by atoms with Crippen LogP contribution >= 0.6 is 0 Å². The highest BCUT2D eigenvalue weighted by atomic mass is 32.2. The fourth-order valence-electron chi connectivity index (χ4n) is 5.80. The van der Waals surface area contributed by atoms with Crippen LogP contribution in [0.25, 0.3) is 11.1 Å². The van der Waals surface area contributed by atoms with Crippen LogP contribution in [0.3, 0.4) is 0 Å². The number of esters is 1. The van der Waals surface area contributed by atoms with Gasteiger partial charge in [0.15, 0.2) is 0 Å². The molecule has 0 saturated heterocycles. The van der Waals surface area contributed by atoms with Gasteiger partial charge in [-0.2, -0.15) is 5.10 Å². The summed E-state index contributed by atoms with van der Waals surface area (Å²) in [5.74, 6) is -5.94. The Hall–Kier alpha value is -6.84. The molecule has 4 N–H and O–H groups in total. The number of hydrogen-bond acceptors (Lipinski definition) is 10. The molecule has 0 aromatic heterocycles. The molecule has 1 aliphatic rings. The molecule has 52 heavy (non-hydrogen) atoms. The summed E-state index contributed by atoms with van der Waals surface area (Å²) in [6, 6.07) is 31.9. The number of Topliss-reactive ketones (excluding diaryl/α,β-unsaturated/α-hetero) is 1. The third-order valence-electron chi connectivity index (χ3n) is 8.14. The fourth-order valence-corrected chi connectivity index (χ4v) is 6.54. The first kappa shape index (κ1) is 35.0. The van der Waals surface area contributed by atoms with Crippen molar-refractivity contribution in [2.24, 2.45) is 16.2 Å². The van der Waals surface area contributed by atoms with E-state index in [1.54, 1.807) is 72.8 Å². The first-order valence-corrected chi connectivity index (χ1v) is 17.0. The SMILES string of the molecule is NS(=O)(=O)c1ccccc1C(=O)N/N=C(/c1ccccc1-c1ccccc1)[C@H](C(=O)C(=O)Nc1cccc([N+](=O)[O-])c1)[C@@H]1OC(=O)c2ccccc21. The Labute approximate surface area is 296 Å². The molecule has 5 aromatic carbocycles. The second kappa shape index (κ2) is 14.6. The van der Waals surface area contributed by atoms with E-state index in [-0.39, 0.29) is 39.3 Å². The number of hydrazone groups is 1. The van der Waals surface area contributed by atoms with E-state index in [1.165, 1.54) is 42.5 Å². The summed E-state index contributed by atoms with van der Waals surface area (Å²) in [7, 11) is -4.36. The number of nitro benzene ring substituents is 1. The summed E-state index contributed by atoms with van der Waals surface area (Å²) in [5, 5.41) is 23.5. The second-order valence-corrected chi connectivity index (χ2v) is 12.9. The fraction of sp³-hybridized carbons (Fsp3) is 0.0541. The molecular formula is C37H27N5O9S. The number of sulfonamides is 1. The summed E-state index contributed by atoms with van der Waals surface area (Å²) in [5.41, 5.74) is 3.13. The van der Waals surface area contributed by atoms with E-state index < -0.39 is 55.4 Å². The van der Waals surface area contributed by atoms with E-state index >= 15 is 0 Å². The molecule has 0 aliphatic carbocycles. The molecule has 5 aromatic rings. The van der Waals surface area contributed by atoms with Crippen molar-refractivity contribution in [3.8, 4) is 11.1 Å². The van der Waals surface area contributed by atoms with Gasteiger partial charge in [-0.15, -0.1) is 0 Å². The van der Waals surface area contributed by atoms with Crippen LogP contribution in [-0.4, -0.2) is 42.6 Å². The molecule has 0 unspecified atom stereocenters. The van der Waals surface area contributed by atoms with Crippen molar-refractivity contribution in [2.75, 3.05) is 5.32 Å². The van der Waals surface area contributed by atoms with E-state index in [1.807, 2.05) is 0 Å². The molecule has 0 radical (unpaired) electrons. The molecule has 0 spiro atoms. The van der Waals surface area contributed by atoms with Gasteiger partial charge < -0.3 is 10.1 Å². The van der Waals surface area contributed by atoms with Crippen LogP contribution < -0.4 is 15.9 Å². The van der Waals surface area contributed by atoms with Crippen molar-refractivity contribution in [2.45, 2.75) is 11.0 Å². The van der Waals surface area contributed by atoms with Gasteiger partial charge in [0.05, 0.1) is 26.7 Å². The third kappa shape index (κ3) is 7.21. The molecular weight excluding hydrogens is 691 g/mol. The number of ether oxygens (including phenoxy) is 1. The van der Waals surface area contributed by atoms with Gasteiger partial charge in [-0.3, -0.25) is 24.5 Å². The Balaban J connectivity index is 1.54. The number of anilines is 1. The molecule has 6 rings (SSSR count). The highest BCUT2D eigenvalue weighted by molar-refractivity contribution is 7.89. The van der Waals surface area contributed by atoms with Gasteiger partial charge in [0.25, 0.3) is 17.5 Å². The number of rotatable bonds is 11. The minimum Gasteiger partial charge on any atom is -0.453 e. The Morgan fingerprint density at radius 1 is 0.808 bits per heavy atom. The Morgan fingerprint density at radius 2 is 1.44 bits per heavy atom. The maximum atomic E-state index is 14.5. The highest BCUT2D eigenvalue weighted by Gasteiger charge is 2.46. The van der Waals surface area contributed by atoms with E-state index in [0.717, 1.165) is 12.1 Å². The molecule has 0 bridgehead atoms. The zero-order valence-electron chi connectivity index (χ0n) is 26.8. The van der Waals surface area contributed by atoms with Crippen LogP contribution in [0.2, 0.25) is 0 Å². The predicted molar refractivity (Wildman–Crippen MR) is 189 cm³/mol. The van der Waals surface area contributed by atoms with Crippen LogP contribution in [0.1, 0.15) is 37.9 Å². The summed E-state index contributed by atoms with van der Waals surface area (Å²) in [6.07, 6.45) is -1.44. The maximum Gasteiger partial charge on any atom is 0.339 e. The number of carbonyl (C=O) groups is 4. The first-order valence-electron chi connectivity index (χ1n) is 15.5. The molecule has 1 aliphatic heterocycles. The van der Waals surface area contributed by atoms with Gasteiger partial charge in [-0.25, -0.2) is 23.8 Å². The number of nitrogens with one attached hydrogen (secondary N) is 2. The first-order chi connectivity index (χ1) is 24.9. The minimum atomic E-state index is -4.36. The van der Waals surface area contributed by atoms with Crippen molar-refractivity contribution in [3.05, 3.63) is 160 Å². The Bertz CT molecular complexity index is 2400. The smallest absolute Gasteiger partial charge is 0.339 e. The monoisotopic (exact) mass is 717 g/mol. The summed E-state index contributed by atoms with van der Waals surface area (Å²) >= 11 is 0. The molecule has 15 heteroatoms. The zero-order valence-corrected chi connectivity index (χ0v) is 27.6. The van der Waals surface area contributed by atoms with Gasteiger partial charge in [-0.05, 0) is 35.4 Å². The van der Waals surface area contributed by atoms with Gasteiger partial charge >= 0.3 is 5.97 Å².